The largest absolute Gasteiger partial charge is 0.393 e. The van der Waals surface area contributed by atoms with Gasteiger partial charge in [-0.2, -0.15) is 0 Å². The summed E-state index contributed by atoms with van der Waals surface area (Å²) in [7, 11) is 0. The molecule has 31 heavy (non-hydrogen) atoms. The highest BCUT2D eigenvalue weighted by Gasteiger charge is 2.28. The highest BCUT2D eigenvalue weighted by molar-refractivity contribution is 5.91. The van der Waals surface area contributed by atoms with E-state index < -0.39 is 0 Å². The first-order valence-electron chi connectivity index (χ1n) is 11.1. The molecule has 1 aliphatic rings. The third kappa shape index (κ3) is 5.79. The lowest BCUT2D eigenvalue weighted by Crippen LogP contribution is -2.41. The number of aryl methyl sites for hydroxylation is 3. The molecule has 2 heterocycles. The summed E-state index contributed by atoms with van der Waals surface area (Å²) in [6.07, 6.45) is 5.56. The van der Waals surface area contributed by atoms with Gasteiger partial charge in [0.1, 0.15) is 0 Å². The average molecular weight is 419 g/mol. The van der Waals surface area contributed by atoms with Gasteiger partial charge in [-0.25, -0.2) is 0 Å². The highest BCUT2D eigenvalue weighted by atomic mass is 16.3. The van der Waals surface area contributed by atoms with Crippen molar-refractivity contribution in [1.82, 2.24) is 19.9 Å². The minimum Gasteiger partial charge on any atom is -0.393 e. The second-order valence-corrected chi connectivity index (χ2v) is 8.32. The zero-order valence-corrected chi connectivity index (χ0v) is 17.8. The topological polar surface area (TPSA) is 71.2 Å². The first kappa shape index (κ1) is 21.2. The molecular formula is C25H30N4O2. The van der Waals surface area contributed by atoms with Crippen molar-refractivity contribution in [1.29, 1.82) is 0 Å². The molecule has 2 aromatic carbocycles. The number of amides is 1. The van der Waals surface area contributed by atoms with Gasteiger partial charge in [-0.05, 0) is 49.1 Å². The van der Waals surface area contributed by atoms with Gasteiger partial charge in [-0.15, -0.1) is 5.10 Å². The number of hydrogen-bond acceptors (Lipinski definition) is 4. The number of nitrogens with zero attached hydrogens (tertiary/aromatic N) is 4. The first-order valence-corrected chi connectivity index (χ1v) is 11.1. The molecule has 6 heteroatoms. The molecular weight excluding hydrogens is 388 g/mol. The Hall–Kier alpha value is -2.99. The van der Waals surface area contributed by atoms with Crippen LogP contribution in [-0.4, -0.2) is 50.1 Å². The molecule has 6 nitrogen and oxygen atoms in total. The maximum atomic E-state index is 12.8. The Morgan fingerprint density at radius 3 is 2.23 bits per heavy atom. The molecule has 1 aliphatic heterocycles. The van der Waals surface area contributed by atoms with Crippen LogP contribution in [0.2, 0.25) is 0 Å². The molecule has 1 N–H and O–H groups in total. The van der Waals surface area contributed by atoms with E-state index in [9.17, 15) is 9.90 Å². The van der Waals surface area contributed by atoms with Gasteiger partial charge < -0.3 is 10.0 Å². The van der Waals surface area contributed by atoms with Gasteiger partial charge in [0.05, 0.1) is 12.3 Å². The molecule has 162 valence electrons. The van der Waals surface area contributed by atoms with Crippen molar-refractivity contribution in [3.63, 3.8) is 0 Å². The van der Waals surface area contributed by atoms with E-state index in [-0.39, 0.29) is 17.9 Å². The summed E-state index contributed by atoms with van der Waals surface area (Å²) in [5.41, 5.74) is 2.89. The molecule has 0 radical (unpaired) electrons. The fourth-order valence-corrected chi connectivity index (χ4v) is 4.24. The van der Waals surface area contributed by atoms with Crippen LogP contribution >= 0.6 is 0 Å². The number of likely N-dealkylation sites (tertiary alicyclic amines) is 1. The number of aliphatic hydroxyl groups is 1. The lowest BCUT2D eigenvalue weighted by Gasteiger charge is -2.34. The second kappa shape index (κ2) is 10.4. The fourth-order valence-electron chi connectivity index (χ4n) is 4.24. The van der Waals surface area contributed by atoms with Crippen LogP contribution in [0, 0.1) is 5.92 Å². The van der Waals surface area contributed by atoms with Crippen LogP contribution in [0.15, 0.2) is 66.9 Å². The number of hydrogen-bond donors (Lipinski definition) is 1. The van der Waals surface area contributed by atoms with Crippen LogP contribution in [0.3, 0.4) is 0 Å². The molecule has 0 aliphatic carbocycles. The number of piperidine rings is 1. The van der Waals surface area contributed by atoms with E-state index >= 15 is 0 Å². The second-order valence-electron chi connectivity index (χ2n) is 8.32. The highest BCUT2D eigenvalue weighted by Crippen LogP contribution is 2.24. The zero-order valence-electron chi connectivity index (χ0n) is 17.8. The van der Waals surface area contributed by atoms with Crippen molar-refractivity contribution in [2.24, 2.45) is 5.92 Å². The van der Waals surface area contributed by atoms with E-state index in [4.69, 9.17) is 0 Å². The quantitative estimate of drug-likeness (QED) is 0.609. The normalized spacial score (nSPS) is 15.7. The minimum atomic E-state index is -0.323. The maximum Gasteiger partial charge on any atom is 0.276 e. The lowest BCUT2D eigenvalue weighted by molar-refractivity contribution is 0.0433. The van der Waals surface area contributed by atoms with Crippen molar-refractivity contribution >= 4 is 5.91 Å². The summed E-state index contributed by atoms with van der Waals surface area (Å²) in [5.74, 6) is 0.178. The molecule has 3 aromatic rings. The number of rotatable bonds is 8. The molecule has 0 spiro atoms. The number of benzene rings is 2. The Balaban J connectivity index is 1.23. The summed E-state index contributed by atoms with van der Waals surface area (Å²) in [6, 6.07) is 20.5. The van der Waals surface area contributed by atoms with Crippen molar-refractivity contribution in [3.8, 4) is 0 Å². The van der Waals surface area contributed by atoms with Crippen LogP contribution in [0.1, 0.15) is 40.9 Å². The molecule has 1 aromatic heterocycles. The van der Waals surface area contributed by atoms with Crippen LogP contribution in [0.5, 0.6) is 0 Å². The van der Waals surface area contributed by atoms with Crippen molar-refractivity contribution in [2.75, 3.05) is 13.1 Å². The summed E-state index contributed by atoms with van der Waals surface area (Å²) in [5, 5.41) is 18.8. The summed E-state index contributed by atoms with van der Waals surface area (Å²) >= 11 is 0. The predicted molar refractivity (Wildman–Crippen MR) is 120 cm³/mol. The Labute approximate surface area is 183 Å². The molecule has 1 amide bonds. The van der Waals surface area contributed by atoms with Gasteiger partial charge in [-0.3, -0.25) is 9.48 Å². The van der Waals surface area contributed by atoms with E-state index in [1.54, 1.807) is 10.9 Å². The monoisotopic (exact) mass is 418 g/mol. The van der Waals surface area contributed by atoms with Gasteiger partial charge >= 0.3 is 0 Å². The number of aliphatic hydroxyl groups excluding tert-OH is 1. The van der Waals surface area contributed by atoms with Gasteiger partial charge in [0.25, 0.3) is 5.91 Å². The van der Waals surface area contributed by atoms with Crippen molar-refractivity contribution in [2.45, 2.75) is 44.8 Å². The van der Waals surface area contributed by atoms with Crippen molar-refractivity contribution in [3.05, 3.63) is 83.7 Å². The van der Waals surface area contributed by atoms with E-state index in [1.165, 1.54) is 11.1 Å². The number of carbonyl (C=O) groups excluding carboxylic acids is 1. The Kier molecular flexibility index (Phi) is 7.10. The molecule has 1 saturated heterocycles. The predicted octanol–water partition coefficient (Wildman–Crippen LogP) is 3.37. The molecule has 0 bridgehead atoms. The molecule has 0 saturated carbocycles. The van der Waals surface area contributed by atoms with E-state index in [1.807, 2.05) is 41.3 Å². The maximum absolute atomic E-state index is 12.8. The SMILES string of the molecule is O=C(c1cn(CCc2ccccc2)nn1)N1CCC([C@@H](O)CCc2ccccc2)CC1. The van der Waals surface area contributed by atoms with Crippen LogP contribution in [-0.2, 0) is 19.4 Å². The smallest absolute Gasteiger partial charge is 0.276 e. The summed E-state index contributed by atoms with van der Waals surface area (Å²) < 4.78 is 1.74. The summed E-state index contributed by atoms with van der Waals surface area (Å²) in [4.78, 5) is 14.7. The van der Waals surface area contributed by atoms with E-state index in [0.29, 0.717) is 25.3 Å². The van der Waals surface area contributed by atoms with Crippen LogP contribution in [0.4, 0.5) is 0 Å². The Morgan fingerprint density at radius 2 is 1.58 bits per heavy atom. The zero-order chi connectivity index (χ0) is 21.5. The Bertz CT molecular complexity index is 950. The standard InChI is InChI=1S/C25H30N4O2/c30-24(12-11-20-7-3-1-4-8-20)22-14-16-28(17-15-22)25(31)23-19-29(27-26-23)18-13-21-9-5-2-6-10-21/h1-10,19,22,24,30H,11-18H2/t24-/m0/s1. The molecule has 4 rings (SSSR count). The third-order valence-electron chi connectivity index (χ3n) is 6.17. The van der Waals surface area contributed by atoms with Crippen LogP contribution < -0.4 is 0 Å². The fraction of sp³-hybridized carbons (Fsp3) is 0.400. The Morgan fingerprint density at radius 1 is 0.968 bits per heavy atom. The molecule has 1 atom stereocenters. The average Bonchev–Trinajstić information content (AvgIpc) is 3.31. The lowest BCUT2D eigenvalue weighted by atomic mass is 9.88. The summed E-state index contributed by atoms with van der Waals surface area (Å²) in [6.45, 7) is 2.01. The van der Waals surface area contributed by atoms with Gasteiger partial charge in [0.15, 0.2) is 5.69 Å². The van der Waals surface area contributed by atoms with Gasteiger partial charge in [0.2, 0.25) is 0 Å². The van der Waals surface area contributed by atoms with E-state index in [0.717, 1.165) is 32.1 Å². The first-order chi connectivity index (χ1) is 15.2. The van der Waals surface area contributed by atoms with Gasteiger partial charge in [-0.1, -0.05) is 65.9 Å². The minimum absolute atomic E-state index is 0.0665. The van der Waals surface area contributed by atoms with Gasteiger partial charge in [0, 0.05) is 19.6 Å². The molecule has 1 fully saturated rings. The van der Waals surface area contributed by atoms with Crippen LogP contribution in [0.25, 0.3) is 0 Å². The van der Waals surface area contributed by atoms with E-state index in [2.05, 4.69) is 34.6 Å². The number of aromatic nitrogens is 3. The van der Waals surface area contributed by atoms with Crippen molar-refractivity contribution < 1.29 is 9.90 Å². The third-order valence-corrected chi connectivity index (χ3v) is 6.17. The number of carbonyl (C=O) groups is 1. The molecule has 0 unspecified atom stereocenters.